The fraction of sp³-hybridized carbons (Fsp3) is 0.545. The van der Waals surface area contributed by atoms with Crippen LogP contribution in [0.3, 0.4) is 0 Å². The number of halogens is 1. The molecule has 1 aromatic rings. The summed E-state index contributed by atoms with van der Waals surface area (Å²) in [5, 5.41) is 9.05. The highest BCUT2D eigenvalue weighted by Crippen LogP contribution is 2.17. The van der Waals surface area contributed by atoms with Crippen LogP contribution in [0.2, 0.25) is 5.22 Å². The quantitative estimate of drug-likeness (QED) is 0.761. The molecule has 1 aliphatic rings. The van der Waals surface area contributed by atoms with Gasteiger partial charge in [-0.3, -0.25) is 5.32 Å². The van der Waals surface area contributed by atoms with Gasteiger partial charge in [0.25, 0.3) is 0 Å². The summed E-state index contributed by atoms with van der Waals surface area (Å²) in [4.78, 5) is 11.6. The predicted octanol–water partition coefficient (Wildman–Crippen LogP) is 2.20. The molecule has 1 saturated heterocycles. The highest BCUT2D eigenvalue weighted by Gasteiger charge is 2.14. The van der Waals surface area contributed by atoms with Crippen molar-refractivity contribution in [2.75, 3.05) is 18.4 Å². The van der Waals surface area contributed by atoms with Crippen LogP contribution >= 0.6 is 11.6 Å². The van der Waals surface area contributed by atoms with E-state index in [0.29, 0.717) is 5.88 Å². The van der Waals surface area contributed by atoms with Gasteiger partial charge in [0, 0.05) is 18.7 Å². The maximum absolute atomic E-state index is 11.6. The largest absolute Gasteiger partial charge is 0.429 e. The van der Waals surface area contributed by atoms with E-state index in [4.69, 9.17) is 16.0 Å². The second-order valence-corrected chi connectivity index (χ2v) is 4.47. The lowest BCUT2D eigenvalue weighted by Gasteiger charge is -2.16. The lowest BCUT2D eigenvalue weighted by molar-refractivity contribution is 0.247. The van der Waals surface area contributed by atoms with Crippen molar-refractivity contribution < 1.29 is 9.21 Å². The third-order valence-corrected chi connectivity index (χ3v) is 2.90. The van der Waals surface area contributed by atoms with E-state index in [1.165, 1.54) is 0 Å². The van der Waals surface area contributed by atoms with Gasteiger partial charge in [-0.05, 0) is 37.1 Å². The summed E-state index contributed by atoms with van der Waals surface area (Å²) in [6, 6.07) is 3.12. The Bertz CT molecular complexity index is 373. The summed E-state index contributed by atoms with van der Waals surface area (Å²) < 4.78 is 5.05. The van der Waals surface area contributed by atoms with E-state index in [9.17, 15) is 4.79 Å². The van der Waals surface area contributed by atoms with Crippen molar-refractivity contribution in [3.63, 3.8) is 0 Å². The number of carbonyl (C=O) groups is 1. The standard InChI is InChI=1S/C11H16ClN3O2/c12-9-4-5-10(17-9)15-11(16)14-8-3-1-2-6-13-7-8/h4-5,8,13H,1-3,6-7H2,(H2,14,15,16). The van der Waals surface area contributed by atoms with E-state index >= 15 is 0 Å². The minimum Gasteiger partial charge on any atom is -0.429 e. The van der Waals surface area contributed by atoms with Gasteiger partial charge in [0.1, 0.15) is 0 Å². The Labute approximate surface area is 105 Å². The van der Waals surface area contributed by atoms with Crippen molar-refractivity contribution in [3.8, 4) is 0 Å². The molecule has 0 aliphatic carbocycles. The van der Waals surface area contributed by atoms with Gasteiger partial charge in [0.2, 0.25) is 5.88 Å². The van der Waals surface area contributed by atoms with Gasteiger partial charge in [0.05, 0.1) is 0 Å². The zero-order valence-electron chi connectivity index (χ0n) is 9.46. The van der Waals surface area contributed by atoms with Gasteiger partial charge in [-0.2, -0.15) is 0 Å². The summed E-state index contributed by atoms with van der Waals surface area (Å²) >= 11 is 5.61. The monoisotopic (exact) mass is 257 g/mol. The lowest BCUT2D eigenvalue weighted by atomic mass is 10.1. The van der Waals surface area contributed by atoms with Gasteiger partial charge < -0.3 is 15.1 Å². The van der Waals surface area contributed by atoms with E-state index in [1.54, 1.807) is 12.1 Å². The lowest BCUT2D eigenvalue weighted by Crippen LogP contribution is -2.42. The Balaban J connectivity index is 1.80. The van der Waals surface area contributed by atoms with Gasteiger partial charge in [-0.15, -0.1) is 0 Å². The number of amides is 2. The molecule has 2 rings (SSSR count). The molecule has 1 unspecified atom stereocenters. The Kier molecular flexibility index (Phi) is 4.28. The predicted molar refractivity (Wildman–Crippen MR) is 66.4 cm³/mol. The minimum absolute atomic E-state index is 0.169. The molecule has 0 saturated carbocycles. The van der Waals surface area contributed by atoms with E-state index in [-0.39, 0.29) is 17.3 Å². The molecule has 1 aromatic heterocycles. The van der Waals surface area contributed by atoms with Crippen molar-refractivity contribution in [3.05, 3.63) is 17.4 Å². The van der Waals surface area contributed by atoms with Crippen LogP contribution in [-0.4, -0.2) is 25.2 Å². The van der Waals surface area contributed by atoms with E-state index in [2.05, 4.69) is 16.0 Å². The number of rotatable bonds is 2. The number of furan rings is 1. The molecule has 17 heavy (non-hydrogen) atoms. The van der Waals surface area contributed by atoms with Gasteiger partial charge in [-0.25, -0.2) is 4.79 Å². The first-order valence-electron chi connectivity index (χ1n) is 5.77. The maximum atomic E-state index is 11.6. The number of hydrogen-bond donors (Lipinski definition) is 3. The van der Waals surface area contributed by atoms with Crippen molar-refractivity contribution in [1.82, 2.24) is 10.6 Å². The maximum Gasteiger partial charge on any atom is 0.321 e. The first kappa shape index (κ1) is 12.3. The SMILES string of the molecule is O=C(Nc1ccc(Cl)o1)NC1CCCCNC1. The van der Waals surface area contributed by atoms with Crippen molar-refractivity contribution in [2.24, 2.45) is 0 Å². The summed E-state index contributed by atoms with van der Waals surface area (Å²) in [5.74, 6) is 0.356. The molecule has 1 atom stereocenters. The third-order valence-electron chi connectivity index (χ3n) is 2.69. The molecule has 0 aromatic carbocycles. The fourth-order valence-corrected chi connectivity index (χ4v) is 2.00. The van der Waals surface area contributed by atoms with Crippen LogP contribution in [0.15, 0.2) is 16.5 Å². The second-order valence-electron chi connectivity index (χ2n) is 4.10. The van der Waals surface area contributed by atoms with Crippen LogP contribution in [0.5, 0.6) is 0 Å². The van der Waals surface area contributed by atoms with E-state index < -0.39 is 0 Å². The molecular weight excluding hydrogens is 242 g/mol. The van der Waals surface area contributed by atoms with Crippen molar-refractivity contribution >= 4 is 23.5 Å². The number of carbonyl (C=O) groups excluding carboxylic acids is 1. The Hall–Kier alpha value is -1.20. The molecule has 3 N–H and O–H groups in total. The molecule has 5 nitrogen and oxygen atoms in total. The first-order valence-corrected chi connectivity index (χ1v) is 6.15. The van der Waals surface area contributed by atoms with Crippen LogP contribution in [0.1, 0.15) is 19.3 Å². The summed E-state index contributed by atoms with van der Waals surface area (Å²) in [7, 11) is 0. The Morgan fingerprint density at radius 2 is 2.35 bits per heavy atom. The highest BCUT2D eigenvalue weighted by atomic mass is 35.5. The Morgan fingerprint density at radius 1 is 1.47 bits per heavy atom. The van der Waals surface area contributed by atoms with Crippen molar-refractivity contribution in [2.45, 2.75) is 25.3 Å². The van der Waals surface area contributed by atoms with Gasteiger partial charge in [-0.1, -0.05) is 6.42 Å². The Morgan fingerprint density at radius 3 is 3.12 bits per heavy atom. The van der Waals surface area contributed by atoms with Crippen LogP contribution in [0.4, 0.5) is 10.7 Å². The number of nitrogens with one attached hydrogen (secondary N) is 3. The van der Waals surface area contributed by atoms with Crippen LogP contribution in [0.25, 0.3) is 0 Å². The summed E-state index contributed by atoms with van der Waals surface area (Å²) in [5.41, 5.74) is 0. The van der Waals surface area contributed by atoms with Gasteiger partial charge >= 0.3 is 6.03 Å². The number of anilines is 1. The van der Waals surface area contributed by atoms with Crippen LogP contribution in [0, 0.1) is 0 Å². The highest BCUT2D eigenvalue weighted by molar-refractivity contribution is 6.29. The molecular formula is C11H16ClN3O2. The molecule has 0 radical (unpaired) electrons. The zero-order chi connectivity index (χ0) is 12.1. The molecule has 94 valence electrons. The van der Waals surface area contributed by atoms with Crippen LogP contribution < -0.4 is 16.0 Å². The second kappa shape index (κ2) is 5.93. The molecule has 2 heterocycles. The van der Waals surface area contributed by atoms with Crippen LogP contribution in [-0.2, 0) is 0 Å². The summed E-state index contributed by atoms with van der Waals surface area (Å²) in [6.07, 6.45) is 3.29. The summed E-state index contributed by atoms with van der Waals surface area (Å²) in [6.45, 7) is 1.83. The number of hydrogen-bond acceptors (Lipinski definition) is 3. The van der Waals surface area contributed by atoms with Crippen molar-refractivity contribution in [1.29, 1.82) is 0 Å². The first-order chi connectivity index (χ1) is 8.24. The van der Waals surface area contributed by atoms with E-state index in [1.807, 2.05) is 0 Å². The third kappa shape index (κ3) is 3.94. The topological polar surface area (TPSA) is 66.3 Å². The average molecular weight is 258 g/mol. The fourth-order valence-electron chi connectivity index (χ4n) is 1.86. The average Bonchev–Trinajstić information content (AvgIpc) is 2.53. The normalized spacial score (nSPS) is 20.6. The minimum atomic E-state index is -0.260. The smallest absolute Gasteiger partial charge is 0.321 e. The molecule has 1 aliphatic heterocycles. The number of urea groups is 1. The molecule has 2 amide bonds. The molecule has 0 bridgehead atoms. The van der Waals surface area contributed by atoms with Gasteiger partial charge in [0.15, 0.2) is 5.22 Å². The molecule has 0 spiro atoms. The zero-order valence-corrected chi connectivity index (χ0v) is 10.2. The molecule has 1 fully saturated rings. The molecule has 6 heteroatoms. The van der Waals surface area contributed by atoms with E-state index in [0.717, 1.165) is 32.4 Å².